The zero-order valence-electron chi connectivity index (χ0n) is 15.6. The molecule has 148 valence electrons. The lowest BCUT2D eigenvalue weighted by Gasteiger charge is -2.06. The number of hydrogen-bond acceptors (Lipinski definition) is 5. The Balaban J connectivity index is 1.32. The number of halogens is 1. The second-order valence-electron chi connectivity index (χ2n) is 6.14. The lowest BCUT2D eigenvalue weighted by atomic mass is 10.3. The molecule has 0 spiro atoms. The van der Waals surface area contributed by atoms with Crippen LogP contribution in [-0.2, 0) is 12.8 Å². The first-order chi connectivity index (χ1) is 13.6. The maximum Gasteiger partial charge on any atom is 0.286 e. The minimum absolute atomic E-state index is 0.229. The molecular formula is C20H22FN3O3S. The molecule has 0 saturated heterocycles. The fourth-order valence-electron chi connectivity index (χ4n) is 2.44. The van der Waals surface area contributed by atoms with Crippen LogP contribution in [0.5, 0.6) is 5.75 Å². The van der Waals surface area contributed by atoms with Gasteiger partial charge in [-0.1, -0.05) is 11.8 Å². The summed E-state index contributed by atoms with van der Waals surface area (Å²) in [4.78, 5) is 16.4. The number of carbonyl (C=O) groups is 1. The van der Waals surface area contributed by atoms with Gasteiger partial charge in [-0.3, -0.25) is 4.79 Å². The molecule has 0 aliphatic carbocycles. The molecule has 0 radical (unpaired) electrons. The third kappa shape index (κ3) is 5.88. The molecule has 0 atom stereocenters. The molecule has 1 N–H and O–H groups in total. The van der Waals surface area contributed by atoms with Crippen molar-refractivity contribution < 1.29 is 18.3 Å². The third-order valence-electron chi connectivity index (χ3n) is 3.94. The number of rotatable bonds is 10. The SMILES string of the molecule is Cn1ccnc1SCc1ccc(C(=O)NCCCCOc2ccc(F)cc2)o1. The number of unbranched alkanes of at least 4 members (excludes halogenated alkanes) is 1. The van der Waals surface area contributed by atoms with Gasteiger partial charge in [0, 0.05) is 26.0 Å². The van der Waals surface area contributed by atoms with Gasteiger partial charge >= 0.3 is 0 Å². The summed E-state index contributed by atoms with van der Waals surface area (Å²) >= 11 is 1.55. The van der Waals surface area contributed by atoms with Crippen LogP contribution in [0.1, 0.15) is 29.2 Å². The molecular weight excluding hydrogens is 381 g/mol. The minimum Gasteiger partial charge on any atom is -0.494 e. The number of aromatic nitrogens is 2. The van der Waals surface area contributed by atoms with E-state index in [1.807, 2.05) is 17.8 Å². The summed E-state index contributed by atoms with van der Waals surface area (Å²) in [6.45, 7) is 1.04. The molecule has 1 amide bonds. The van der Waals surface area contributed by atoms with Crippen LogP contribution in [0.25, 0.3) is 0 Å². The molecule has 3 aromatic rings. The second-order valence-corrected chi connectivity index (χ2v) is 7.08. The molecule has 3 rings (SSSR count). The first kappa shape index (κ1) is 20.0. The number of nitrogens with one attached hydrogen (secondary N) is 1. The van der Waals surface area contributed by atoms with Gasteiger partial charge in [-0.25, -0.2) is 9.37 Å². The summed E-state index contributed by atoms with van der Waals surface area (Å²) in [5, 5.41) is 3.73. The van der Waals surface area contributed by atoms with Crippen LogP contribution in [0, 0.1) is 5.82 Å². The highest BCUT2D eigenvalue weighted by atomic mass is 32.2. The second kappa shape index (κ2) is 9.98. The van der Waals surface area contributed by atoms with Gasteiger partial charge in [0.25, 0.3) is 5.91 Å². The molecule has 0 bridgehead atoms. The quantitative estimate of drug-likeness (QED) is 0.409. The van der Waals surface area contributed by atoms with Crippen molar-refractivity contribution >= 4 is 17.7 Å². The molecule has 0 aliphatic rings. The molecule has 0 unspecified atom stereocenters. The first-order valence-electron chi connectivity index (χ1n) is 8.97. The van der Waals surface area contributed by atoms with Crippen LogP contribution >= 0.6 is 11.8 Å². The molecule has 2 heterocycles. The summed E-state index contributed by atoms with van der Waals surface area (Å²) in [7, 11) is 1.93. The molecule has 1 aromatic carbocycles. The van der Waals surface area contributed by atoms with Gasteiger partial charge in [0.2, 0.25) is 0 Å². The molecule has 2 aromatic heterocycles. The van der Waals surface area contributed by atoms with E-state index in [1.54, 1.807) is 42.2 Å². The van der Waals surface area contributed by atoms with Gasteiger partial charge in [-0.15, -0.1) is 0 Å². The summed E-state index contributed by atoms with van der Waals surface area (Å²) in [5.41, 5.74) is 0. The van der Waals surface area contributed by atoms with E-state index in [0.717, 1.165) is 23.8 Å². The smallest absolute Gasteiger partial charge is 0.286 e. The van der Waals surface area contributed by atoms with Crippen molar-refractivity contribution in [3.8, 4) is 5.75 Å². The van der Waals surface area contributed by atoms with Crippen molar-refractivity contribution in [2.24, 2.45) is 7.05 Å². The first-order valence-corrected chi connectivity index (χ1v) is 9.96. The molecule has 0 aliphatic heterocycles. The van der Waals surface area contributed by atoms with E-state index in [2.05, 4.69) is 10.3 Å². The van der Waals surface area contributed by atoms with Crippen molar-refractivity contribution in [2.45, 2.75) is 23.8 Å². The van der Waals surface area contributed by atoms with Crippen LogP contribution in [-0.4, -0.2) is 28.6 Å². The van der Waals surface area contributed by atoms with Crippen molar-refractivity contribution in [3.63, 3.8) is 0 Å². The largest absolute Gasteiger partial charge is 0.494 e. The van der Waals surface area contributed by atoms with Gasteiger partial charge in [0.15, 0.2) is 10.9 Å². The number of aryl methyl sites for hydroxylation is 1. The number of benzene rings is 1. The Morgan fingerprint density at radius 3 is 2.82 bits per heavy atom. The van der Waals surface area contributed by atoms with E-state index < -0.39 is 0 Å². The van der Waals surface area contributed by atoms with E-state index in [0.29, 0.717) is 30.4 Å². The normalized spacial score (nSPS) is 10.8. The zero-order chi connectivity index (χ0) is 19.8. The van der Waals surface area contributed by atoms with E-state index in [1.165, 1.54) is 12.1 Å². The summed E-state index contributed by atoms with van der Waals surface area (Å²) in [6.07, 6.45) is 5.18. The van der Waals surface area contributed by atoms with Crippen LogP contribution in [0.15, 0.2) is 58.4 Å². The lowest BCUT2D eigenvalue weighted by Crippen LogP contribution is -2.24. The van der Waals surface area contributed by atoms with E-state index >= 15 is 0 Å². The fraction of sp³-hybridized carbons (Fsp3) is 0.300. The fourth-order valence-corrected chi connectivity index (χ4v) is 3.27. The van der Waals surface area contributed by atoms with E-state index in [4.69, 9.17) is 9.15 Å². The molecule has 0 fully saturated rings. The van der Waals surface area contributed by atoms with Gasteiger partial charge in [0.05, 0.1) is 12.4 Å². The number of amides is 1. The Morgan fingerprint density at radius 1 is 1.25 bits per heavy atom. The predicted octanol–water partition coefficient (Wildman–Crippen LogP) is 4.03. The van der Waals surface area contributed by atoms with Crippen molar-refractivity contribution in [1.82, 2.24) is 14.9 Å². The monoisotopic (exact) mass is 403 g/mol. The number of nitrogens with zero attached hydrogens (tertiary/aromatic N) is 2. The predicted molar refractivity (Wildman–Crippen MR) is 105 cm³/mol. The Labute approximate surface area is 167 Å². The third-order valence-corrected chi connectivity index (χ3v) is 5.03. The Kier molecular flexibility index (Phi) is 7.13. The van der Waals surface area contributed by atoms with Crippen LogP contribution in [0.3, 0.4) is 0 Å². The average Bonchev–Trinajstić information content (AvgIpc) is 3.33. The van der Waals surface area contributed by atoms with Gasteiger partial charge in [-0.2, -0.15) is 0 Å². The van der Waals surface area contributed by atoms with Gasteiger partial charge < -0.3 is 19.0 Å². The summed E-state index contributed by atoms with van der Waals surface area (Å²) in [6, 6.07) is 9.41. The van der Waals surface area contributed by atoms with Crippen LogP contribution in [0.2, 0.25) is 0 Å². The van der Waals surface area contributed by atoms with Crippen molar-refractivity contribution in [3.05, 3.63) is 66.1 Å². The lowest BCUT2D eigenvalue weighted by molar-refractivity contribution is 0.0923. The minimum atomic E-state index is -0.286. The van der Waals surface area contributed by atoms with Crippen molar-refractivity contribution in [2.75, 3.05) is 13.2 Å². The Morgan fingerprint density at radius 2 is 2.07 bits per heavy atom. The van der Waals surface area contributed by atoms with E-state index in [-0.39, 0.29) is 11.7 Å². The summed E-state index contributed by atoms with van der Waals surface area (Å²) < 4.78 is 25.9. The Bertz CT molecular complexity index is 892. The number of carbonyl (C=O) groups excluding carboxylic acids is 1. The number of ether oxygens (including phenoxy) is 1. The summed E-state index contributed by atoms with van der Waals surface area (Å²) in [5.74, 6) is 1.76. The zero-order valence-corrected chi connectivity index (χ0v) is 16.4. The number of hydrogen-bond donors (Lipinski definition) is 1. The molecule has 8 heteroatoms. The highest BCUT2D eigenvalue weighted by molar-refractivity contribution is 7.98. The number of thioether (sulfide) groups is 1. The Hall–Kier alpha value is -2.74. The average molecular weight is 403 g/mol. The van der Waals surface area contributed by atoms with Gasteiger partial charge in [0.1, 0.15) is 17.3 Å². The number of furan rings is 1. The maximum absolute atomic E-state index is 12.8. The van der Waals surface area contributed by atoms with Gasteiger partial charge in [-0.05, 0) is 49.2 Å². The molecule has 28 heavy (non-hydrogen) atoms. The topological polar surface area (TPSA) is 69.3 Å². The molecule has 6 nitrogen and oxygen atoms in total. The highest BCUT2D eigenvalue weighted by Crippen LogP contribution is 2.21. The highest BCUT2D eigenvalue weighted by Gasteiger charge is 2.11. The van der Waals surface area contributed by atoms with Crippen LogP contribution in [0.4, 0.5) is 4.39 Å². The van der Waals surface area contributed by atoms with Crippen molar-refractivity contribution in [1.29, 1.82) is 0 Å². The standard InChI is InChI=1S/C20H22FN3O3S/c1-24-12-11-23-20(24)28-14-17-8-9-18(27-17)19(25)22-10-2-3-13-26-16-6-4-15(21)5-7-16/h4-9,11-12H,2-3,10,13-14H2,1H3,(H,22,25). The maximum atomic E-state index is 12.8. The number of imidazole rings is 1. The van der Waals surface area contributed by atoms with E-state index in [9.17, 15) is 9.18 Å². The molecule has 0 saturated carbocycles. The van der Waals surface area contributed by atoms with Crippen LogP contribution < -0.4 is 10.1 Å².